The van der Waals surface area contributed by atoms with E-state index in [9.17, 15) is 9.90 Å². The van der Waals surface area contributed by atoms with Crippen LogP contribution in [0.2, 0.25) is 0 Å². The van der Waals surface area contributed by atoms with Crippen molar-refractivity contribution in [2.45, 2.75) is 18.9 Å². The third kappa shape index (κ3) is 2.25. The van der Waals surface area contributed by atoms with Crippen molar-refractivity contribution >= 4 is 11.6 Å². The van der Waals surface area contributed by atoms with Crippen molar-refractivity contribution in [2.24, 2.45) is 0 Å². The van der Waals surface area contributed by atoms with Crippen molar-refractivity contribution in [3.8, 4) is 5.75 Å². The van der Waals surface area contributed by atoms with Crippen molar-refractivity contribution < 1.29 is 14.6 Å². The summed E-state index contributed by atoms with van der Waals surface area (Å²) in [6.45, 7) is 1.87. The number of carbonyl (C=O) groups excluding carboxylic acids is 1. The molecular formula is C16H16N2O3. The molecular weight excluding hydrogens is 268 g/mol. The molecule has 1 aromatic carbocycles. The van der Waals surface area contributed by atoms with Crippen LogP contribution in [0.3, 0.4) is 0 Å². The molecule has 21 heavy (non-hydrogen) atoms. The van der Waals surface area contributed by atoms with E-state index in [1.165, 1.54) is 0 Å². The molecule has 1 atom stereocenters. The summed E-state index contributed by atoms with van der Waals surface area (Å²) in [6.07, 6.45) is 0.126. The number of rotatable bonds is 3. The minimum atomic E-state index is -1.62. The Bertz CT molecular complexity index is 714. The number of aryl methyl sites for hydroxylation is 1. The van der Waals surface area contributed by atoms with Gasteiger partial charge in [0.25, 0.3) is 5.91 Å². The van der Waals surface area contributed by atoms with E-state index in [1.807, 2.05) is 19.1 Å². The van der Waals surface area contributed by atoms with Crippen LogP contribution in [0.4, 0.5) is 5.69 Å². The van der Waals surface area contributed by atoms with Crippen LogP contribution in [0.1, 0.15) is 17.0 Å². The summed E-state index contributed by atoms with van der Waals surface area (Å²) >= 11 is 0. The highest BCUT2D eigenvalue weighted by atomic mass is 16.5. The number of anilines is 1. The maximum absolute atomic E-state index is 12.2. The van der Waals surface area contributed by atoms with Gasteiger partial charge in [0.05, 0.1) is 7.11 Å². The van der Waals surface area contributed by atoms with Crippen molar-refractivity contribution in [1.29, 1.82) is 0 Å². The standard InChI is InChI=1S/C16H16N2O3/c1-10-4-3-5-11(17-10)9-16(20)13-8-12(21-2)6-7-14(13)18-15(16)19/h3-8,20H,9H2,1-2H3,(H,18,19). The lowest BCUT2D eigenvalue weighted by Gasteiger charge is -2.21. The van der Waals surface area contributed by atoms with Crippen LogP contribution in [0.5, 0.6) is 5.75 Å². The van der Waals surface area contributed by atoms with E-state index >= 15 is 0 Å². The Morgan fingerprint density at radius 3 is 2.86 bits per heavy atom. The summed E-state index contributed by atoms with van der Waals surface area (Å²) in [6, 6.07) is 10.7. The maximum atomic E-state index is 12.2. The van der Waals surface area contributed by atoms with Crippen LogP contribution in [-0.2, 0) is 16.8 Å². The molecule has 2 aromatic rings. The normalized spacial score (nSPS) is 20.0. The lowest BCUT2D eigenvalue weighted by atomic mass is 9.90. The SMILES string of the molecule is COc1ccc2c(c1)C(O)(Cc1cccc(C)n1)C(=O)N2. The molecule has 1 amide bonds. The minimum absolute atomic E-state index is 0.126. The fourth-order valence-electron chi connectivity index (χ4n) is 2.59. The van der Waals surface area contributed by atoms with Crippen molar-refractivity contribution in [2.75, 3.05) is 12.4 Å². The van der Waals surface area contributed by atoms with Crippen molar-refractivity contribution in [1.82, 2.24) is 4.98 Å². The van der Waals surface area contributed by atoms with Gasteiger partial charge in [0, 0.05) is 29.1 Å². The Hall–Kier alpha value is -2.40. The molecule has 0 saturated carbocycles. The maximum Gasteiger partial charge on any atom is 0.261 e. The highest BCUT2D eigenvalue weighted by Gasteiger charge is 2.45. The molecule has 0 aliphatic carbocycles. The number of hydrogen-bond donors (Lipinski definition) is 2. The lowest BCUT2D eigenvalue weighted by Crippen LogP contribution is -2.36. The van der Waals surface area contributed by atoms with Gasteiger partial charge in [-0.25, -0.2) is 0 Å². The van der Waals surface area contributed by atoms with Gasteiger partial charge in [-0.1, -0.05) is 6.07 Å². The van der Waals surface area contributed by atoms with Gasteiger partial charge in [0.1, 0.15) is 5.75 Å². The van der Waals surface area contributed by atoms with Gasteiger partial charge in [-0.15, -0.1) is 0 Å². The van der Waals surface area contributed by atoms with E-state index < -0.39 is 11.5 Å². The van der Waals surface area contributed by atoms with E-state index in [0.717, 1.165) is 5.69 Å². The predicted octanol–water partition coefficient (Wildman–Crippen LogP) is 1.78. The fourth-order valence-corrected chi connectivity index (χ4v) is 2.59. The fraction of sp³-hybridized carbons (Fsp3) is 0.250. The van der Waals surface area contributed by atoms with Crippen LogP contribution >= 0.6 is 0 Å². The summed E-state index contributed by atoms with van der Waals surface area (Å²) in [5, 5.41) is 13.6. The van der Waals surface area contributed by atoms with Crippen molar-refractivity contribution in [3.63, 3.8) is 0 Å². The number of fused-ring (bicyclic) bond motifs is 1. The molecule has 3 rings (SSSR count). The quantitative estimate of drug-likeness (QED) is 0.901. The number of carbonyl (C=O) groups is 1. The monoisotopic (exact) mass is 284 g/mol. The summed E-state index contributed by atoms with van der Waals surface area (Å²) in [4.78, 5) is 16.6. The van der Waals surface area contributed by atoms with Crippen LogP contribution in [0, 0.1) is 6.92 Å². The smallest absolute Gasteiger partial charge is 0.261 e. The van der Waals surface area contributed by atoms with Gasteiger partial charge in [-0.05, 0) is 37.3 Å². The third-order valence-corrected chi connectivity index (χ3v) is 3.68. The number of pyridine rings is 1. The summed E-state index contributed by atoms with van der Waals surface area (Å²) in [5.74, 6) is 0.162. The molecule has 1 aliphatic rings. The summed E-state index contributed by atoms with van der Waals surface area (Å²) in [5.41, 5.74) is 1.03. The molecule has 0 bridgehead atoms. The molecule has 5 heteroatoms. The number of benzene rings is 1. The number of nitrogens with one attached hydrogen (secondary N) is 1. The van der Waals surface area contributed by atoms with E-state index in [0.29, 0.717) is 22.7 Å². The Morgan fingerprint density at radius 2 is 2.14 bits per heavy atom. The van der Waals surface area contributed by atoms with Gasteiger partial charge in [0.15, 0.2) is 5.60 Å². The highest BCUT2D eigenvalue weighted by Crippen LogP contribution is 2.40. The molecule has 0 radical (unpaired) electrons. The zero-order chi connectivity index (χ0) is 15.0. The van der Waals surface area contributed by atoms with E-state index in [-0.39, 0.29) is 6.42 Å². The topological polar surface area (TPSA) is 71.5 Å². The molecule has 0 spiro atoms. The Labute approximate surface area is 122 Å². The van der Waals surface area contributed by atoms with Crippen molar-refractivity contribution in [3.05, 3.63) is 53.3 Å². The lowest BCUT2D eigenvalue weighted by molar-refractivity contribution is -0.133. The molecule has 1 aliphatic heterocycles. The highest BCUT2D eigenvalue weighted by molar-refractivity contribution is 6.05. The van der Waals surface area contributed by atoms with Gasteiger partial charge in [-0.2, -0.15) is 0 Å². The molecule has 0 saturated heterocycles. The molecule has 1 unspecified atom stereocenters. The summed E-state index contributed by atoms with van der Waals surface area (Å²) < 4.78 is 5.17. The molecule has 2 heterocycles. The van der Waals surface area contributed by atoms with Crippen LogP contribution in [-0.4, -0.2) is 23.1 Å². The average Bonchev–Trinajstić information content (AvgIpc) is 2.70. The van der Waals surface area contributed by atoms with Crippen LogP contribution in [0.25, 0.3) is 0 Å². The summed E-state index contributed by atoms with van der Waals surface area (Å²) in [7, 11) is 1.55. The number of amides is 1. The molecule has 1 aromatic heterocycles. The number of nitrogens with zero attached hydrogens (tertiary/aromatic N) is 1. The first-order valence-electron chi connectivity index (χ1n) is 6.68. The zero-order valence-electron chi connectivity index (χ0n) is 11.9. The first-order valence-corrected chi connectivity index (χ1v) is 6.68. The largest absolute Gasteiger partial charge is 0.497 e. The average molecular weight is 284 g/mol. The van der Waals surface area contributed by atoms with E-state index in [4.69, 9.17) is 4.74 Å². The van der Waals surface area contributed by atoms with Gasteiger partial charge >= 0.3 is 0 Å². The number of aliphatic hydroxyl groups is 1. The zero-order valence-corrected chi connectivity index (χ0v) is 11.9. The second-order valence-electron chi connectivity index (χ2n) is 5.17. The van der Waals surface area contributed by atoms with Crippen LogP contribution in [0.15, 0.2) is 36.4 Å². The molecule has 5 nitrogen and oxygen atoms in total. The van der Waals surface area contributed by atoms with Gasteiger partial charge in [-0.3, -0.25) is 9.78 Å². The minimum Gasteiger partial charge on any atom is -0.497 e. The predicted molar refractivity (Wildman–Crippen MR) is 78.2 cm³/mol. The third-order valence-electron chi connectivity index (χ3n) is 3.68. The number of ether oxygens (including phenoxy) is 1. The number of aromatic nitrogens is 1. The Kier molecular flexibility index (Phi) is 3.14. The van der Waals surface area contributed by atoms with Gasteiger partial charge in [0.2, 0.25) is 0 Å². The first kappa shape index (κ1) is 13.6. The second kappa shape index (κ2) is 4.86. The Morgan fingerprint density at radius 1 is 1.33 bits per heavy atom. The van der Waals surface area contributed by atoms with Crippen LogP contribution < -0.4 is 10.1 Å². The molecule has 0 fully saturated rings. The second-order valence-corrected chi connectivity index (χ2v) is 5.17. The van der Waals surface area contributed by atoms with Gasteiger partial charge < -0.3 is 15.2 Å². The number of hydrogen-bond acceptors (Lipinski definition) is 4. The molecule has 108 valence electrons. The number of methoxy groups -OCH3 is 1. The van der Waals surface area contributed by atoms with E-state index in [1.54, 1.807) is 31.4 Å². The first-order chi connectivity index (χ1) is 10.0. The van der Waals surface area contributed by atoms with E-state index in [2.05, 4.69) is 10.3 Å². The molecule has 2 N–H and O–H groups in total. The Balaban J connectivity index is 2.03.